The topological polar surface area (TPSA) is 78.6 Å². The van der Waals surface area contributed by atoms with Gasteiger partial charge >= 0.3 is 0 Å². The number of benzene rings is 1. The largest absolute Gasteiger partial charge is 0.497 e. The lowest BCUT2D eigenvalue weighted by Gasteiger charge is -2.27. The minimum atomic E-state index is -0.250. The molecule has 0 radical (unpaired) electrons. The average Bonchev–Trinajstić information content (AvgIpc) is 3.52. The van der Waals surface area contributed by atoms with Crippen molar-refractivity contribution in [1.82, 2.24) is 9.47 Å². The maximum atomic E-state index is 13.4. The van der Waals surface area contributed by atoms with Gasteiger partial charge in [-0.15, -0.1) is 0 Å². The third-order valence-corrected chi connectivity index (χ3v) is 8.30. The molecule has 37 heavy (non-hydrogen) atoms. The molecule has 0 N–H and O–H groups in total. The Hall–Kier alpha value is -3.09. The Morgan fingerprint density at radius 1 is 1.16 bits per heavy atom. The van der Waals surface area contributed by atoms with Crippen LogP contribution < -0.4 is 15.2 Å². The number of carbonyl (C=O) groups excluding carboxylic acids is 1. The highest BCUT2D eigenvalue weighted by Gasteiger charge is 2.33. The summed E-state index contributed by atoms with van der Waals surface area (Å²) in [7, 11) is 1.63. The van der Waals surface area contributed by atoms with Gasteiger partial charge in [-0.2, -0.15) is 5.26 Å². The van der Waals surface area contributed by atoms with Crippen molar-refractivity contribution in [3.63, 3.8) is 0 Å². The zero-order valence-corrected chi connectivity index (χ0v) is 23.2. The van der Waals surface area contributed by atoms with Crippen LogP contribution in [0, 0.1) is 18.3 Å². The van der Waals surface area contributed by atoms with Gasteiger partial charge in [0.2, 0.25) is 0 Å². The number of thiocarbonyl (C=S) groups is 1. The predicted molar refractivity (Wildman–Crippen MR) is 153 cm³/mol. The predicted octanol–water partition coefficient (Wildman–Crippen LogP) is 4.88. The minimum absolute atomic E-state index is 0.139. The van der Waals surface area contributed by atoms with E-state index in [9.17, 15) is 14.9 Å². The van der Waals surface area contributed by atoms with Crippen molar-refractivity contribution in [3.05, 3.63) is 61.8 Å². The highest BCUT2D eigenvalue weighted by molar-refractivity contribution is 8.26. The van der Waals surface area contributed by atoms with Crippen LogP contribution in [0.15, 0.2) is 34.0 Å². The van der Waals surface area contributed by atoms with Crippen LogP contribution in [0.5, 0.6) is 5.75 Å². The van der Waals surface area contributed by atoms with Gasteiger partial charge in [-0.25, -0.2) is 0 Å². The first-order valence-corrected chi connectivity index (χ1v) is 13.9. The molecule has 0 atom stereocenters. The van der Waals surface area contributed by atoms with Gasteiger partial charge < -0.3 is 9.64 Å². The monoisotopic (exact) mass is 536 g/mol. The highest BCUT2D eigenvalue weighted by Crippen LogP contribution is 2.36. The number of pyridine rings is 1. The summed E-state index contributed by atoms with van der Waals surface area (Å²) in [5.74, 6) is 1.47. The number of unbranched alkanes of at least 4 members (excludes halogenated alkanes) is 1. The number of methoxy groups -OCH3 is 1. The zero-order chi connectivity index (χ0) is 26.5. The van der Waals surface area contributed by atoms with Crippen molar-refractivity contribution in [2.75, 3.05) is 31.6 Å². The summed E-state index contributed by atoms with van der Waals surface area (Å²) in [6, 6.07) is 9.91. The smallest absolute Gasteiger partial charge is 0.270 e. The summed E-state index contributed by atoms with van der Waals surface area (Å²) in [4.78, 5) is 31.1. The van der Waals surface area contributed by atoms with E-state index < -0.39 is 0 Å². The first-order chi connectivity index (χ1) is 17.9. The number of aromatic nitrogens is 1. The lowest BCUT2D eigenvalue weighted by Crippen LogP contribution is -2.33. The van der Waals surface area contributed by atoms with Gasteiger partial charge in [0.05, 0.1) is 12.0 Å². The van der Waals surface area contributed by atoms with Crippen LogP contribution >= 0.6 is 24.0 Å². The molecule has 0 spiro atoms. The van der Waals surface area contributed by atoms with Crippen molar-refractivity contribution < 1.29 is 9.53 Å². The van der Waals surface area contributed by atoms with E-state index in [4.69, 9.17) is 17.0 Å². The van der Waals surface area contributed by atoms with Crippen LogP contribution in [0.4, 0.5) is 5.82 Å². The molecule has 2 fully saturated rings. The number of nitriles is 1. The third-order valence-electron chi connectivity index (χ3n) is 6.92. The van der Waals surface area contributed by atoms with Gasteiger partial charge in [0.25, 0.3) is 11.5 Å². The number of hydrogen-bond donors (Lipinski definition) is 0. The quantitative estimate of drug-likeness (QED) is 0.334. The number of nitrogens with zero attached hydrogens (tertiary/aromatic N) is 4. The molecule has 9 heteroatoms. The Balaban J connectivity index is 1.70. The van der Waals surface area contributed by atoms with E-state index in [1.165, 1.54) is 11.8 Å². The summed E-state index contributed by atoms with van der Waals surface area (Å²) in [5.41, 5.74) is 2.36. The molecular formula is C28H32N4O3S2. The molecular weight excluding hydrogens is 504 g/mol. The molecule has 4 rings (SSSR count). The van der Waals surface area contributed by atoms with Gasteiger partial charge in [0.1, 0.15) is 27.5 Å². The SMILES string of the molecule is CCCCn1c(N2CCCC2)c(C=C2SC(=S)N(CCc3ccc(OC)cc3)C2=O)c(C)c(C#N)c1=O. The number of ether oxygens (including phenoxy) is 1. The van der Waals surface area contributed by atoms with E-state index in [0.29, 0.717) is 34.3 Å². The van der Waals surface area contributed by atoms with E-state index in [2.05, 4.69) is 17.9 Å². The molecule has 2 aliphatic heterocycles. The zero-order valence-electron chi connectivity index (χ0n) is 21.6. The highest BCUT2D eigenvalue weighted by atomic mass is 32.2. The van der Waals surface area contributed by atoms with Crippen molar-refractivity contribution in [2.24, 2.45) is 0 Å². The molecule has 2 saturated heterocycles. The fourth-order valence-corrected chi connectivity index (χ4v) is 6.08. The van der Waals surface area contributed by atoms with Crippen LogP contribution in [0.2, 0.25) is 0 Å². The van der Waals surface area contributed by atoms with Gasteiger partial charge in [0, 0.05) is 31.7 Å². The minimum Gasteiger partial charge on any atom is -0.497 e. The summed E-state index contributed by atoms with van der Waals surface area (Å²) >= 11 is 6.86. The van der Waals surface area contributed by atoms with Crippen LogP contribution in [0.3, 0.4) is 0 Å². The summed E-state index contributed by atoms with van der Waals surface area (Å²) in [5, 5.41) is 9.83. The molecule has 0 saturated carbocycles. The first kappa shape index (κ1) is 27.0. The van der Waals surface area contributed by atoms with Crippen molar-refractivity contribution in [3.8, 4) is 11.8 Å². The number of thioether (sulfide) groups is 1. The fourth-order valence-electron chi connectivity index (χ4n) is 4.79. The molecule has 7 nitrogen and oxygen atoms in total. The van der Waals surface area contributed by atoms with Crippen LogP contribution in [-0.4, -0.2) is 46.4 Å². The Morgan fingerprint density at radius 2 is 1.86 bits per heavy atom. The van der Waals surface area contributed by atoms with Gasteiger partial charge in [-0.05, 0) is 61.9 Å². The van der Waals surface area contributed by atoms with Gasteiger partial charge in [-0.3, -0.25) is 19.1 Å². The van der Waals surface area contributed by atoms with E-state index in [1.54, 1.807) is 23.5 Å². The molecule has 2 aromatic rings. The van der Waals surface area contributed by atoms with Crippen LogP contribution in [0.1, 0.15) is 54.9 Å². The number of hydrogen-bond acceptors (Lipinski definition) is 7. The molecule has 0 bridgehead atoms. The second-order valence-corrected chi connectivity index (χ2v) is 11.0. The summed E-state index contributed by atoms with van der Waals surface area (Å²) in [6.45, 7) is 6.60. The molecule has 194 valence electrons. The average molecular weight is 537 g/mol. The number of rotatable bonds is 9. The Kier molecular flexibility index (Phi) is 8.72. The third kappa shape index (κ3) is 5.60. The maximum Gasteiger partial charge on any atom is 0.270 e. The lowest BCUT2D eigenvalue weighted by molar-refractivity contribution is -0.122. The van der Waals surface area contributed by atoms with Crippen LogP contribution in [0.25, 0.3) is 6.08 Å². The van der Waals surface area contributed by atoms with E-state index in [0.717, 1.165) is 61.5 Å². The fraction of sp³-hybridized carbons (Fsp3) is 0.429. The first-order valence-electron chi connectivity index (χ1n) is 12.7. The Bertz CT molecular complexity index is 1320. The summed E-state index contributed by atoms with van der Waals surface area (Å²) in [6.07, 6.45) is 6.38. The van der Waals surface area contributed by atoms with Crippen molar-refractivity contribution in [2.45, 2.75) is 52.5 Å². The number of carbonyl (C=O) groups is 1. The van der Waals surface area contributed by atoms with E-state index in [1.807, 2.05) is 30.3 Å². The number of anilines is 1. The van der Waals surface area contributed by atoms with Gasteiger partial charge in [0.15, 0.2) is 0 Å². The van der Waals surface area contributed by atoms with Gasteiger partial charge in [-0.1, -0.05) is 49.5 Å². The Labute approximate surface area is 227 Å². The number of amides is 1. The standard InChI is InChI=1S/C28H32N4O3S2/c1-4-5-15-31-25(30-13-6-7-14-30)22(19(2)23(18-29)26(31)33)17-24-27(34)32(28(36)37-24)16-12-20-8-10-21(35-3)11-9-20/h8-11,17H,4-7,12-16H2,1-3H3. The van der Waals surface area contributed by atoms with E-state index >= 15 is 0 Å². The molecule has 0 unspecified atom stereocenters. The summed E-state index contributed by atoms with van der Waals surface area (Å²) < 4.78 is 7.49. The second kappa shape index (κ2) is 12.0. The van der Waals surface area contributed by atoms with Crippen LogP contribution in [-0.2, 0) is 17.8 Å². The van der Waals surface area contributed by atoms with E-state index in [-0.39, 0.29) is 17.0 Å². The molecule has 1 aromatic carbocycles. The molecule has 3 heterocycles. The lowest BCUT2D eigenvalue weighted by atomic mass is 10.0. The van der Waals surface area contributed by atoms with Crippen molar-refractivity contribution >= 4 is 46.1 Å². The Morgan fingerprint density at radius 3 is 2.49 bits per heavy atom. The maximum absolute atomic E-state index is 13.4. The molecule has 2 aliphatic rings. The molecule has 0 aliphatic carbocycles. The molecule has 1 amide bonds. The normalized spacial score (nSPS) is 16.6. The van der Waals surface area contributed by atoms with Crippen molar-refractivity contribution in [1.29, 1.82) is 5.26 Å². The second-order valence-electron chi connectivity index (χ2n) is 9.29. The molecule has 1 aromatic heterocycles.